The van der Waals surface area contributed by atoms with Gasteiger partial charge in [0.2, 0.25) is 0 Å². The van der Waals surface area contributed by atoms with Crippen LogP contribution < -0.4 is 8.92 Å². The highest BCUT2D eigenvalue weighted by Gasteiger charge is 2.28. The molecule has 0 saturated heterocycles. The molecule has 116 valence electrons. The highest BCUT2D eigenvalue weighted by atomic mass is 32.2. The number of nitro groups is 1. The van der Waals surface area contributed by atoms with Gasteiger partial charge >= 0.3 is 10.1 Å². The van der Waals surface area contributed by atoms with E-state index in [1.807, 2.05) is 0 Å². The van der Waals surface area contributed by atoms with Crippen LogP contribution in [-0.2, 0) is 10.1 Å². The number of benzene rings is 2. The van der Waals surface area contributed by atoms with Gasteiger partial charge in [-0.05, 0) is 30.7 Å². The average Bonchev–Trinajstić information content (AvgIpc) is 2.48. The molecular formula is C14H13NO6S. The van der Waals surface area contributed by atoms with Crippen LogP contribution in [0.4, 0.5) is 5.69 Å². The van der Waals surface area contributed by atoms with E-state index >= 15 is 0 Å². The second kappa shape index (κ2) is 6.02. The summed E-state index contributed by atoms with van der Waals surface area (Å²) in [6.07, 6.45) is 0. The Morgan fingerprint density at radius 2 is 1.82 bits per heavy atom. The lowest BCUT2D eigenvalue weighted by Crippen LogP contribution is -2.12. The molecule has 2 rings (SSSR count). The molecule has 0 unspecified atom stereocenters. The molecule has 0 atom stereocenters. The number of hydrogen-bond acceptors (Lipinski definition) is 6. The standard InChI is InChI=1S/C14H13NO6S/c1-10-5-3-4-6-13(10)21-22(18,19)14-8-7-11(20-2)9-12(14)15(16)17/h3-9H,1-2H3. The van der Waals surface area contributed by atoms with Crippen LogP contribution in [0.1, 0.15) is 5.56 Å². The van der Waals surface area contributed by atoms with E-state index < -0.39 is 25.6 Å². The van der Waals surface area contributed by atoms with E-state index in [0.717, 1.165) is 12.1 Å². The zero-order valence-corrected chi connectivity index (χ0v) is 12.7. The number of para-hydroxylation sites is 1. The highest BCUT2D eigenvalue weighted by molar-refractivity contribution is 7.87. The van der Waals surface area contributed by atoms with E-state index in [-0.39, 0.29) is 11.5 Å². The topological polar surface area (TPSA) is 95.7 Å². The van der Waals surface area contributed by atoms with E-state index in [2.05, 4.69) is 0 Å². The summed E-state index contributed by atoms with van der Waals surface area (Å²) in [4.78, 5) is 9.76. The smallest absolute Gasteiger partial charge is 0.346 e. The Hall–Kier alpha value is -2.61. The third-order valence-corrected chi connectivity index (χ3v) is 4.21. The largest absolute Gasteiger partial charge is 0.497 e. The normalized spacial score (nSPS) is 11.0. The summed E-state index contributed by atoms with van der Waals surface area (Å²) >= 11 is 0. The maximum atomic E-state index is 12.3. The molecule has 2 aromatic carbocycles. The van der Waals surface area contributed by atoms with E-state index in [0.29, 0.717) is 5.56 Å². The number of ether oxygens (including phenoxy) is 1. The van der Waals surface area contributed by atoms with Gasteiger partial charge in [0.05, 0.1) is 18.1 Å². The molecule has 0 aliphatic rings. The highest BCUT2D eigenvalue weighted by Crippen LogP contribution is 2.31. The lowest BCUT2D eigenvalue weighted by atomic mass is 10.2. The maximum Gasteiger partial charge on any atom is 0.346 e. The lowest BCUT2D eigenvalue weighted by Gasteiger charge is -2.10. The van der Waals surface area contributed by atoms with Gasteiger partial charge in [0, 0.05) is 0 Å². The summed E-state index contributed by atoms with van der Waals surface area (Å²) in [5, 5.41) is 11.1. The van der Waals surface area contributed by atoms with Crippen LogP contribution in [-0.4, -0.2) is 20.5 Å². The summed E-state index contributed by atoms with van der Waals surface area (Å²) in [6.45, 7) is 1.67. The van der Waals surface area contributed by atoms with Crippen molar-refractivity contribution in [2.24, 2.45) is 0 Å². The molecule has 0 aliphatic carbocycles. The van der Waals surface area contributed by atoms with Gasteiger partial charge in [-0.2, -0.15) is 8.42 Å². The van der Waals surface area contributed by atoms with Crippen molar-refractivity contribution < 1.29 is 22.3 Å². The van der Waals surface area contributed by atoms with E-state index in [4.69, 9.17) is 8.92 Å². The Morgan fingerprint density at radius 3 is 2.41 bits per heavy atom. The number of aryl methyl sites for hydroxylation is 1. The van der Waals surface area contributed by atoms with Gasteiger partial charge in [0.15, 0.2) is 4.90 Å². The second-order valence-electron chi connectivity index (χ2n) is 4.39. The fraction of sp³-hybridized carbons (Fsp3) is 0.143. The van der Waals surface area contributed by atoms with Crippen molar-refractivity contribution in [1.82, 2.24) is 0 Å². The first kappa shape index (κ1) is 15.8. The Balaban J connectivity index is 2.50. The SMILES string of the molecule is COc1ccc(S(=O)(=O)Oc2ccccc2C)c([N+](=O)[O-])c1. The summed E-state index contributed by atoms with van der Waals surface area (Å²) < 4.78 is 34.5. The van der Waals surface area contributed by atoms with Gasteiger partial charge in [-0.1, -0.05) is 18.2 Å². The molecule has 0 fully saturated rings. The fourth-order valence-electron chi connectivity index (χ4n) is 1.79. The number of methoxy groups -OCH3 is 1. The molecular weight excluding hydrogens is 310 g/mol. The van der Waals surface area contributed by atoms with Crippen molar-refractivity contribution in [1.29, 1.82) is 0 Å². The van der Waals surface area contributed by atoms with Crippen molar-refractivity contribution in [2.75, 3.05) is 7.11 Å². The van der Waals surface area contributed by atoms with E-state index in [1.165, 1.54) is 19.2 Å². The van der Waals surface area contributed by atoms with Crippen molar-refractivity contribution in [3.05, 3.63) is 58.1 Å². The third-order valence-electron chi connectivity index (χ3n) is 2.93. The van der Waals surface area contributed by atoms with Crippen LogP contribution in [0.2, 0.25) is 0 Å². The van der Waals surface area contributed by atoms with Crippen LogP contribution in [0.15, 0.2) is 47.4 Å². The minimum atomic E-state index is -4.33. The Labute approximate surface area is 127 Å². The van der Waals surface area contributed by atoms with Crippen LogP contribution in [0, 0.1) is 17.0 Å². The minimum Gasteiger partial charge on any atom is -0.497 e. The Bertz CT molecular complexity index is 816. The second-order valence-corrected chi connectivity index (χ2v) is 5.91. The zero-order valence-electron chi connectivity index (χ0n) is 11.8. The van der Waals surface area contributed by atoms with Crippen LogP contribution in [0.3, 0.4) is 0 Å². The van der Waals surface area contributed by atoms with Gasteiger partial charge in [-0.3, -0.25) is 10.1 Å². The summed E-state index contributed by atoms with van der Waals surface area (Å²) in [5.41, 5.74) is -0.00447. The molecule has 7 nitrogen and oxygen atoms in total. The quantitative estimate of drug-likeness (QED) is 0.477. The molecule has 0 saturated carbocycles. The first-order chi connectivity index (χ1) is 10.3. The first-order valence-corrected chi connectivity index (χ1v) is 7.58. The maximum absolute atomic E-state index is 12.3. The molecule has 0 radical (unpaired) electrons. The molecule has 0 aliphatic heterocycles. The van der Waals surface area contributed by atoms with E-state index in [9.17, 15) is 18.5 Å². The van der Waals surface area contributed by atoms with Gasteiger partial charge in [0.25, 0.3) is 5.69 Å². The summed E-state index contributed by atoms with van der Waals surface area (Å²) in [6, 6.07) is 9.93. The van der Waals surface area contributed by atoms with Gasteiger partial charge in [-0.15, -0.1) is 0 Å². The predicted molar refractivity (Wildman–Crippen MR) is 78.6 cm³/mol. The molecule has 2 aromatic rings. The van der Waals surface area contributed by atoms with Crippen molar-refractivity contribution in [2.45, 2.75) is 11.8 Å². The number of rotatable bonds is 5. The summed E-state index contributed by atoms with van der Waals surface area (Å²) in [7, 11) is -3.00. The molecule has 0 amide bonds. The zero-order chi connectivity index (χ0) is 16.3. The molecule has 22 heavy (non-hydrogen) atoms. The Kier molecular flexibility index (Phi) is 4.32. The molecule has 0 N–H and O–H groups in total. The van der Waals surface area contributed by atoms with Gasteiger partial charge in [-0.25, -0.2) is 0 Å². The third kappa shape index (κ3) is 3.17. The molecule has 0 spiro atoms. The summed E-state index contributed by atoms with van der Waals surface area (Å²) in [5.74, 6) is 0.300. The van der Waals surface area contributed by atoms with Crippen LogP contribution >= 0.6 is 0 Å². The van der Waals surface area contributed by atoms with Crippen molar-refractivity contribution in [3.8, 4) is 11.5 Å². The Morgan fingerprint density at radius 1 is 1.14 bits per heavy atom. The molecule has 0 bridgehead atoms. The number of hydrogen-bond donors (Lipinski definition) is 0. The number of nitrogens with zero attached hydrogens (tertiary/aromatic N) is 1. The monoisotopic (exact) mass is 323 g/mol. The van der Waals surface area contributed by atoms with Gasteiger partial charge < -0.3 is 8.92 Å². The van der Waals surface area contributed by atoms with Gasteiger partial charge in [0.1, 0.15) is 11.5 Å². The fourth-order valence-corrected chi connectivity index (χ4v) is 2.93. The molecule has 0 heterocycles. The predicted octanol–water partition coefficient (Wildman–Crippen LogP) is 2.68. The lowest BCUT2D eigenvalue weighted by molar-refractivity contribution is -0.388. The van der Waals surface area contributed by atoms with Crippen molar-refractivity contribution >= 4 is 15.8 Å². The van der Waals surface area contributed by atoms with Crippen molar-refractivity contribution in [3.63, 3.8) is 0 Å². The average molecular weight is 323 g/mol. The molecule has 8 heteroatoms. The van der Waals surface area contributed by atoms with Crippen LogP contribution in [0.5, 0.6) is 11.5 Å². The first-order valence-electron chi connectivity index (χ1n) is 6.17. The molecule has 0 aromatic heterocycles. The van der Waals surface area contributed by atoms with Crippen LogP contribution in [0.25, 0.3) is 0 Å². The van der Waals surface area contributed by atoms with E-state index in [1.54, 1.807) is 25.1 Å². The minimum absolute atomic E-state index is 0.118. The number of nitro benzene ring substituents is 1.